The minimum absolute atomic E-state index is 0.0753. The molecule has 184 valence electrons. The van der Waals surface area contributed by atoms with Gasteiger partial charge < -0.3 is 15.3 Å². The predicted octanol–water partition coefficient (Wildman–Crippen LogP) is 3.05. The van der Waals surface area contributed by atoms with Crippen LogP contribution >= 0.6 is 0 Å². The van der Waals surface area contributed by atoms with Gasteiger partial charge in [0.15, 0.2) is 5.69 Å². The molecule has 3 unspecified atom stereocenters. The number of nitrogens with one attached hydrogen (secondary N) is 2. The van der Waals surface area contributed by atoms with Crippen molar-refractivity contribution in [2.75, 3.05) is 19.1 Å². The molecule has 6 rings (SSSR count). The number of nitrogens with zero attached hydrogens (tertiary/aromatic N) is 4. The number of anilines is 1. The van der Waals surface area contributed by atoms with E-state index < -0.39 is 0 Å². The van der Waals surface area contributed by atoms with Crippen LogP contribution in [0.15, 0.2) is 54.3 Å². The summed E-state index contributed by atoms with van der Waals surface area (Å²) in [5.41, 5.74) is 3.64. The number of carbonyl (C=O) groups is 2. The highest BCUT2D eigenvalue weighted by atomic mass is 16.3. The number of aromatic amines is 1. The summed E-state index contributed by atoms with van der Waals surface area (Å²) >= 11 is 0. The minimum Gasteiger partial charge on any atom is -0.483 e. The summed E-state index contributed by atoms with van der Waals surface area (Å²) in [4.78, 5) is 24.1. The largest absolute Gasteiger partial charge is 0.483 e. The first-order chi connectivity index (χ1) is 17.0. The Morgan fingerprint density at radius 2 is 1.94 bits per heavy atom. The monoisotopic (exact) mass is 476 g/mol. The molecule has 9 heteroatoms. The number of allylic oxidation sites excluding steroid dienone is 2. The number of carbonyl (C=O) groups excluding carboxylic acids is 1. The molecule has 2 bridgehead atoms. The highest BCUT2D eigenvalue weighted by molar-refractivity contribution is 6.05. The fourth-order valence-corrected chi connectivity index (χ4v) is 5.93. The van der Waals surface area contributed by atoms with Crippen molar-refractivity contribution in [3.63, 3.8) is 0 Å². The van der Waals surface area contributed by atoms with Crippen molar-refractivity contribution in [3.8, 4) is 0 Å². The van der Waals surface area contributed by atoms with E-state index >= 15 is 0 Å². The molecule has 2 saturated heterocycles. The Balaban J connectivity index is 0.000000806. The van der Waals surface area contributed by atoms with Crippen molar-refractivity contribution in [1.82, 2.24) is 25.4 Å². The minimum atomic E-state index is -0.250. The van der Waals surface area contributed by atoms with Gasteiger partial charge in [0.05, 0.1) is 17.2 Å². The molecule has 1 aromatic carbocycles. The zero-order chi connectivity index (χ0) is 24.5. The van der Waals surface area contributed by atoms with Gasteiger partial charge in [-0.3, -0.25) is 19.7 Å². The van der Waals surface area contributed by atoms with Crippen LogP contribution in [0.4, 0.5) is 5.69 Å². The Bertz CT molecular complexity index is 1190. The van der Waals surface area contributed by atoms with Crippen molar-refractivity contribution in [3.05, 3.63) is 60.0 Å². The number of fused-ring (bicyclic) bond motifs is 4. The van der Waals surface area contributed by atoms with E-state index in [9.17, 15) is 4.79 Å². The van der Waals surface area contributed by atoms with E-state index in [-0.39, 0.29) is 24.5 Å². The van der Waals surface area contributed by atoms with Crippen LogP contribution in [-0.2, 0) is 4.79 Å². The normalized spacial score (nSPS) is 27.7. The first-order valence-electron chi connectivity index (χ1n) is 12.2. The number of benzene rings is 1. The molecule has 1 amide bonds. The molecule has 3 aliphatic heterocycles. The summed E-state index contributed by atoms with van der Waals surface area (Å²) in [5.74, 6) is -0.0753. The summed E-state index contributed by atoms with van der Waals surface area (Å²) in [6, 6.07) is 7.77. The number of rotatable bonds is 3. The molecule has 2 fully saturated rings. The van der Waals surface area contributed by atoms with Gasteiger partial charge in [0.2, 0.25) is 0 Å². The van der Waals surface area contributed by atoms with Gasteiger partial charge in [0.25, 0.3) is 12.4 Å². The van der Waals surface area contributed by atoms with Gasteiger partial charge in [0, 0.05) is 36.8 Å². The quantitative estimate of drug-likeness (QED) is 0.585. The third-order valence-electron chi connectivity index (χ3n) is 7.75. The average molecular weight is 477 g/mol. The van der Waals surface area contributed by atoms with Crippen LogP contribution in [0.5, 0.6) is 0 Å². The van der Waals surface area contributed by atoms with E-state index in [1.54, 1.807) is 0 Å². The van der Waals surface area contributed by atoms with Crippen LogP contribution in [-0.4, -0.2) is 75.9 Å². The number of piperidine rings is 2. The van der Waals surface area contributed by atoms with Crippen LogP contribution in [0.3, 0.4) is 0 Å². The van der Waals surface area contributed by atoms with Crippen LogP contribution in [0.25, 0.3) is 10.9 Å². The number of aromatic nitrogens is 2. The number of hydrazine groups is 1. The lowest BCUT2D eigenvalue weighted by Crippen LogP contribution is -2.55. The molecule has 35 heavy (non-hydrogen) atoms. The lowest BCUT2D eigenvalue weighted by molar-refractivity contribution is -0.122. The van der Waals surface area contributed by atoms with E-state index in [4.69, 9.17) is 9.90 Å². The zero-order valence-electron chi connectivity index (χ0n) is 20.1. The number of hydrogen-bond acceptors (Lipinski definition) is 6. The smallest absolute Gasteiger partial charge is 0.290 e. The maximum Gasteiger partial charge on any atom is 0.290 e. The van der Waals surface area contributed by atoms with Gasteiger partial charge in [-0.2, -0.15) is 5.10 Å². The first kappa shape index (κ1) is 23.3. The Hall–Kier alpha value is -3.43. The van der Waals surface area contributed by atoms with E-state index in [0.717, 1.165) is 29.4 Å². The van der Waals surface area contributed by atoms with Gasteiger partial charge in [0.1, 0.15) is 0 Å². The second-order valence-electron chi connectivity index (χ2n) is 9.69. The standard InChI is InChI=1S/C25H30N6O.CH2O2/c1-29-18-7-5-8-19(29)13-17(12-18)26-25(32)24-21-14-20(10-11-22(21)27-28-24)31-15-16-6-3-4-9-23(16)30(31)2;2-1-3/h3-4,6,9-11,14-15,17-19,23H,5,7-8,12-13H2,1-2H3,(H,26,32)(H,27,28);1H,(H,2,3). The van der Waals surface area contributed by atoms with Crippen LogP contribution in [0.2, 0.25) is 0 Å². The summed E-state index contributed by atoms with van der Waals surface area (Å²) in [5, 5.41) is 22.8. The van der Waals surface area contributed by atoms with Gasteiger partial charge in [-0.05, 0) is 56.5 Å². The summed E-state index contributed by atoms with van der Waals surface area (Å²) in [7, 11) is 4.32. The first-order valence-corrected chi connectivity index (χ1v) is 12.2. The van der Waals surface area contributed by atoms with Gasteiger partial charge in [-0.25, -0.2) is 5.01 Å². The van der Waals surface area contributed by atoms with Crippen LogP contribution in [0, 0.1) is 0 Å². The Morgan fingerprint density at radius 1 is 1.20 bits per heavy atom. The van der Waals surface area contributed by atoms with E-state index in [1.165, 1.54) is 24.8 Å². The molecule has 1 aromatic heterocycles. The van der Waals surface area contributed by atoms with Crippen molar-refractivity contribution < 1.29 is 14.7 Å². The second-order valence-corrected chi connectivity index (χ2v) is 9.69. The molecular formula is C26H32N6O3. The zero-order valence-corrected chi connectivity index (χ0v) is 20.1. The Labute approximate surface area is 204 Å². The van der Waals surface area contributed by atoms with E-state index in [1.807, 2.05) is 6.07 Å². The molecular weight excluding hydrogens is 444 g/mol. The van der Waals surface area contributed by atoms with Crippen molar-refractivity contribution >= 4 is 29.0 Å². The van der Waals surface area contributed by atoms with Crippen LogP contribution in [0.1, 0.15) is 42.6 Å². The molecule has 4 aliphatic rings. The molecule has 0 spiro atoms. The fourth-order valence-electron chi connectivity index (χ4n) is 5.93. The molecule has 9 nitrogen and oxygen atoms in total. The van der Waals surface area contributed by atoms with Crippen molar-refractivity contribution in [2.45, 2.75) is 56.3 Å². The van der Waals surface area contributed by atoms with E-state index in [0.29, 0.717) is 17.8 Å². The average Bonchev–Trinajstić information content (AvgIpc) is 3.41. The number of amides is 1. The molecule has 4 heterocycles. The van der Waals surface area contributed by atoms with Gasteiger partial charge >= 0.3 is 0 Å². The topological polar surface area (TPSA) is 105 Å². The summed E-state index contributed by atoms with van der Waals surface area (Å²) in [6.45, 7) is -0.250. The Kier molecular flexibility index (Phi) is 6.44. The number of carboxylic acid groups (broad SMARTS) is 1. The van der Waals surface area contributed by atoms with Crippen molar-refractivity contribution in [1.29, 1.82) is 0 Å². The molecule has 1 aliphatic carbocycles. The predicted molar refractivity (Wildman–Crippen MR) is 135 cm³/mol. The third kappa shape index (κ3) is 4.37. The maximum absolute atomic E-state index is 13.2. The molecule has 0 saturated carbocycles. The van der Waals surface area contributed by atoms with E-state index in [2.05, 4.69) is 87.2 Å². The Morgan fingerprint density at radius 3 is 2.66 bits per heavy atom. The summed E-state index contributed by atoms with van der Waals surface area (Å²) < 4.78 is 0. The molecule has 2 aromatic rings. The number of hydrogen-bond donors (Lipinski definition) is 3. The highest BCUT2D eigenvalue weighted by Crippen LogP contribution is 2.34. The fraction of sp³-hybridized carbons (Fsp3) is 0.423. The number of likely N-dealkylation sites (N-methyl/N-ethyl adjacent to an activating group) is 1. The molecule has 3 N–H and O–H groups in total. The van der Waals surface area contributed by atoms with Crippen molar-refractivity contribution in [2.24, 2.45) is 0 Å². The van der Waals surface area contributed by atoms with Gasteiger partial charge in [-0.15, -0.1) is 0 Å². The maximum atomic E-state index is 13.2. The number of H-pyrrole nitrogens is 1. The van der Waals surface area contributed by atoms with Gasteiger partial charge in [-0.1, -0.05) is 30.7 Å². The highest BCUT2D eigenvalue weighted by Gasteiger charge is 2.37. The van der Waals surface area contributed by atoms with Crippen LogP contribution < -0.4 is 10.3 Å². The SMILES string of the molecule is CN1C2CCCC1CC(NC(=O)c1n[nH]c3ccc(N4C=C5C=CC=CC5N4C)cc13)C2.O=CO. The molecule has 3 atom stereocenters. The molecule has 0 radical (unpaired) electrons. The second kappa shape index (κ2) is 9.67. The lowest BCUT2D eigenvalue weighted by atomic mass is 9.82. The summed E-state index contributed by atoms with van der Waals surface area (Å²) in [6.07, 6.45) is 16.5. The third-order valence-corrected chi connectivity index (χ3v) is 7.75. The lowest BCUT2D eigenvalue weighted by Gasteiger charge is -2.47.